The van der Waals surface area contributed by atoms with Gasteiger partial charge < -0.3 is 9.26 Å². The van der Waals surface area contributed by atoms with Crippen LogP contribution < -0.4 is 4.74 Å². The highest BCUT2D eigenvalue weighted by molar-refractivity contribution is 5.78. The first-order valence-corrected chi connectivity index (χ1v) is 3.40. The summed E-state index contributed by atoms with van der Waals surface area (Å²) in [6, 6.07) is 3.12. The molecule has 0 unspecified atom stereocenters. The highest BCUT2D eigenvalue weighted by Crippen LogP contribution is 2.25. The molecule has 62 valence electrons. The number of hydrogen-bond donors (Lipinski definition) is 0. The lowest BCUT2D eigenvalue weighted by Crippen LogP contribution is -1.86. The molecule has 0 aliphatic heterocycles. The Kier molecular flexibility index (Phi) is 1.46. The Morgan fingerprint density at radius 2 is 2.33 bits per heavy atom. The first-order valence-electron chi connectivity index (χ1n) is 3.40. The first-order chi connectivity index (χ1) is 5.83. The Balaban J connectivity index is 2.78. The number of benzene rings is 1. The topological polar surface area (TPSA) is 35.3 Å². The van der Waals surface area contributed by atoms with Gasteiger partial charge in [0, 0.05) is 0 Å². The monoisotopic (exact) mass is 167 g/mol. The molecule has 2 aromatic rings. The third-order valence-electron chi connectivity index (χ3n) is 1.66. The molecule has 2 rings (SSSR count). The first kappa shape index (κ1) is 7.09. The van der Waals surface area contributed by atoms with Crippen LogP contribution in [0.25, 0.3) is 11.0 Å². The summed E-state index contributed by atoms with van der Waals surface area (Å²) in [6.07, 6.45) is 1.33. The molecule has 0 bridgehead atoms. The summed E-state index contributed by atoms with van der Waals surface area (Å²) in [5, 5.41) is 3.81. The number of methoxy groups -OCH3 is 1. The van der Waals surface area contributed by atoms with Crippen LogP contribution in [0.15, 0.2) is 22.9 Å². The van der Waals surface area contributed by atoms with Gasteiger partial charge in [-0.05, 0) is 12.1 Å². The van der Waals surface area contributed by atoms with E-state index in [-0.39, 0.29) is 5.75 Å². The fraction of sp³-hybridized carbons (Fsp3) is 0.125. The Labute approximate surface area is 67.7 Å². The second-order valence-electron chi connectivity index (χ2n) is 2.32. The standard InChI is InChI=1S/C8H6FNO2/c1-11-7-3-2-6-5(8(7)9)4-10-12-6/h2-4H,1H3. The van der Waals surface area contributed by atoms with Crippen molar-refractivity contribution in [2.45, 2.75) is 0 Å². The Bertz CT molecular complexity index is 410. The predicted octanol–water partition coefficient (Wildman–Crippen LogP) is 1.98. The molecule has 0 aliphatic rings. The summed E-state index contributed by atoms with van der Waals surface area (Å²) < 4.78 is 22.8. The van der Waals surface area contributed by atoms with Gasteiger partial charge in [-0.15, -0.1) is 0 Å². The van der Waals surface area contributed by atoms with Crippen LogP contribution in [0.1, 0.15) is 0 Å². The lowest BCUT2D eigenvalue weighted by molar-refractivity contribution is 0.388. The number of fused-ring (bicyclic) bond motifs is 1. The van der Waals surface area contributed by atoms with Crippen LogP contribution in [0.3, 0.4) is 0 Å². The molecule has 3 nitrogen and oxygen atoms in total. The van der Waals surface area contributed by atoms with Gasteiger partial charge in [0.1, 0.15) is 0 Å². The van der Waals surface area contributed by atoms with Crippen molar-refractivity contribution in [2.24, 2.45) is 0 Å². The fourth-order valence-corrected chi connectivity index (χ4v) is 1.05. The molecular weight excluding hydrogens is 161 g/mol. The minimum Gasteiger partial charge on any atom is -0.494 e. The van der Waals surface area contributed by atoms with Crippen molar-refractivity contribution in [1.29, 1.82) is 0 Å². The summed E-state index contributed by atoms with van der Waals surface area (Å²) in [5.41, 5.74) is 0.424. The predicted molar refractivity (Wildman–Crippen MR) is 40.5 cm³/mol. The molecule has 0 aliphatic carbocycles. The molecule has 0 atom stereocenters. The summed E-state index contributed by atoms with van der Waals surface area (Å²) in [4.78, 5) is 0. The quantitative estimate of drug-likeness (QED) is 0.651. The molecule has 0 spiro atoms. The van der Waals surface area contributed by atoms with Gasteiger partial charge in [0.2, 0.25) is 0 Å². The molecular formula is C8H6FNO2. The molecule has 0 saturated heterocycles. The molecule has 1 aromatic heterocycles. The fourth-order valence-electron chi connectivity index (χ4n) is 1.05. The Morgan fingerprint density at radius 1 is 1.50 bits per heavy atom. The van der Waals surface area contributed by atoms with Gasteiger partial charge in [-0.3, -0.25) is 0 Å². The zero-order valence-electron chi connectivity index (χ0n) is 6.37. The van der Waals surface area contributed by atoms with Crippen LogP contribution in [-0.4, -0.2) is 12.3 Å². The van der Waals surface area contributed by atoms with E-state index in [1.807, 2.05) is 0 Å². The van der Waals surface area contributed by atoms with Gasteiger partial charge in [-0.25, -0.2) is 4.39 Å². The van der Waals surface area contributed by atoms with Crippen LogP contribution in [0.5, 0.6) is 5.75 Å². The van der Waals surface area contributed by atoms with E-state index in [0.29, 0.717) is 11.0 Å². The number of nitrogens with zero attached hydrogens (tertiary/aromatic N) is 1. The van der Waals surface area contributed by atoms with Crippen molar-refractivity contribution in [3.05, 3.63) is 24.1 Å². The van der Waals surface area contributed by atoms with Crippen LogP contribution in [-0.2, 0) is 0 Å². The van der Waals surface area contributed by atoms with Gasteiger partial charge in [0.25, 0.3) is 0 Å². The highest BCUT2D eigenvalue weighted by Gasteiger charge is 2.09. The van der Waals surface area contributed by atoms with E-state index in [4.69, 9.17) is 9.26 Å². The van der Waals surface area contributed by atoms with E-state index in [2.05, 4.69) is 5.16 Å². The number of rotatable bonds is 1. The largest absolute Gasteiger partial charge is 0.494 e. The van der Waals surface area contributed by atoms with Gasteiger partial charge in [0.05, 0.1) is 18.7 Å². The number of ether oxygens (including phenoxy) is 1. The summed E-state index contributed by atoms with van der Waals surface area (Å²) in [7, 11) is 1.41. The van der Waals surface area contributed by atoms with E-state index in [9.17, 15) is 4.39 Å². The van der Waals surface area contributed by atoms with Crippen molar-refractivity contribution in [2.75, 3.05) is 7.11 Å². The van der Waals surface area contributed by atoms with E-state index in [0.717, 1.165) is 0 Å². The van der Waals surface area contributed by atoms with Crippen molar-refractivity contribution in [3.8, 4) is 5.75 Å². The average molecular weight is 167 g/mol. The van der Waals surface area contributed by atoms with Crippen LogP contribution in [0.2, 0.25) is 0 Å². The smallest absolute Gasteiger partial charge is 0.177 e. The summed E-state index contributed by atoms with van der Waals surface area (Å²) in [6.45, 7) is 0. The number of aromatic nitrogens is 1. The molecule has 0 amide bonds. The highest BCUT2D eigenvalue weighted by atomic mass is 19.1. The van der Waals surface area contributed by atoms with Crippen molar-refractivity contribution < 1.29 is 13.7 Å². The molecule has 0 saturated carbocycles. The Hall–Kier alpha value is -1.58. The second-order valence-corrected chi connectivity index (χ2v) is 2.32. The van der Waals surface area contributed by atoms with E-state index < -0.39 is 5.82 Å². The van der Waals surface area contributed by atoms with Crippen LogP contribution in [0, 0.1) is 5.82 Å². The van der Waals surface area contributed by atoms with E-state index in [1.165, 1.54) is 19.4 Å². The zero-order valence-corrected chi connectivity index (χ0v) is 6.37. The minimum absolute atomic E-state index is 0.200. The molecule has 4 heteroatoms. The van der Waals surface area contributed by atoms with E-state index >= 15 is 0 Å². The lowest BCUT2D eigenvalue weighted by atomic mass is 10.2. The zero-order chi connectivity index (χ0) is 8.55. The molecule has 1 aromatic carbocycles. The van der Waals surface area contributed by atoms with Crippen LogP contribution in [0.4, 0.5) is 4.39 Å². The number of hydrogen-bond acceptors (Lipinski definition) is 3. The third kappa shape index (κ3) is 0.845. The van der Waals surface area contributed by atoms with Crippen molar-refractivity contribution in [3.63, 3.8) is 0 Å². The summed E-state index contributed by atoms with van der Waals surface area (Å²) >= 11 is 0. The maximum absolute atomic E-state index is 13.3. The van der Waals surface area contributed by atoms with Gasteiger partial charge in [-0.1, -0.05) is 5.16 Å². The van der Waals surface area contributed by atoms with Gasteiger partial charge in [0.15, 0.2) is 17.1 Å². The molecule has 12 heavy (non-hydrogen) atoms. The molecule has 0 radical (unpaired) electrons. The van der Waals surface area contributed by atoms with Gasteiger partial charge in [-0.2, -0.15) is 0 Å². The molecule has 1 heterocycles. The van der Waals surface area contributed by atoms with Crippen LogP contribution >= 0.6 is 0 Å². The van der Waals surface area contributed by atoms with E-state index in [1.54, 1.807) is 6.07 Å². The maximum atomic E-state index is 13.3. The number of halogens is 1. The maximum Gasteiger partial charge on any atom is 0.177 e. The average Bonchev–Trinajstić information content (AvgIpc) is 2.53. The molecule has 0 N–H and O–H groups in total. The van der Waals surface area contributed by atoms with Crippen molar-refractivity contribution in [1.82, 2.24) is 5.16 Å². The minimum atomic E-state index is -0.434. The summed E-state index contributed by atoms with van der Waals surface area (Å²) in [5.74, 6) is -0.234. The molecule has 0 fully saturated rings. The lowest BCUT2D eigenvalue weighted by Gasteiger charge is -1.99. The third-order valence-corrected chi connectivity index (χ3v) is 1.66. The van der Waals surface area contributed by atoms with Crippen molar-refractivity contribution >= 4 is 11.0 Å². The van der Waals surface area contributed by atoms with Gasteiger partial charge >= 0.3 is 0 Å². The SMILES string of the molecule is COc1ccc2oncc2c1F. The second kappa shape index (κ2) is 2.48. The normalized spacial score (nSPS) is 10.5. The Morgan fingerprint density at radius 3 is 3.08 bits per heavy atom.